The van der Waals surface area contributed by atoms with Crippen LogP contribution in [0.15, 0.2) is 93.6 Å². The lowest BCUT2D eigenvalue weighted by molar-refractivity contribution is -0.384. The van der Waals surface area contributed by atoms with Gasteiger partial charge in [0.15, 0.2) is 0 Å². The lowest BCUT2D eigenvalue weighted by Gasteiger charge is -2.12. The van der Waals surface area contributed by atoms with Gasteiger partial charge in [0.05, 0.1) is 16.4 Å². The summed E-state index contributed by atoms with van der Waals surface area (Å²) < 4.78 is 2.10. The Morgan fingerprint density at radius 2 is 1.56 bits per heavy atom. The van der Waals surface area contributed by atoms with Crippen molar-refractivity contribution < 1.29 is 14.5 Å². The number of hydrogen-bond donors (Lipinski definition) is 0. The van der Waals surface area contributed by atoms with Crippen molar-refractivity contribution in [3.63, 3.8) is 0 Å². The van der Waals surface area contributed by atoms with Gasteiger partial charge < -0.3 is 4.57 Å². The summed E-state index contributed by atoms with van der Waals surface area (Å²) in [6, 6.07) is 23.6. The van der Waals surface area contributed by atoms with E-state index in [0.717, 1.165) is 49.8 Å². The SMILES string of the molecule is Cc1cc(/C=C2\SC(=O)N(Cc3ccc(Cl)cc3)C2=O)c(C)n1-c1ccc(Sc2ccc([N+](=O)[O-])cc2)cc1. The molecule has 0 spiro atoms. The molecule has 0 saturated carbocycles. The molecule has 196 valence electrons. The number of thioether (sulfide) groups is 1. The third-order valence-corrected chi connectivity index (χ3v) is 8.44. The number of aromatic nitrogens is 1. The molecule has 7 nitrogen and oxygen atoms in total. The number of non-ortho nitro benzene ring substituents is 1. The first kappa shape index (κ1) is 26.8. The highest BCUT2D eigenvalue weighted by atomic mass is 35.5. The van der Waals surface area contributed by atoms with E-state index in [1.807, 2.05) is 44.2 Å². The normalized spacial score (nSPS) is 14.4. The third-order valence-electron chi connectivity index (χ3n) is 6.26. The molecule has 0 aliphatic carbocycles. The van der Waals surface area contributed by atoms with Crippen molar-refractivity contribution in [2.45, 2.75) is 30.2 Å². The van der Waals surface area contributed by atoms with E-state index in [1.165, 1.54) is 28.8 Å². The number of amides is 2. The predicted octanol–water partition coefficient (Wildman–Crippen LogP) is 8.04. The van der Waals surface area contributed by atoms with Crippen molar-refractivity contribution in [3.8, 4) is 5.69 Å². The number of carbonyl (C=O) groups excluding carboxylic acids is 2. The third kappa shape index (κ3) is 5.80. The zero-order valence-electron chi connectivity index (χ0n) is 21.0. The monoisotopic (exact) mass is 575 g/mol. The molecule has 0 unspecified atom stereocenters. The molecule has 2 amide bonds. The van der Waals surface area contributed by atoms with Crippen LogP contribution in [0.5, 0.6) is 0 Å². The van der Waals surface area contributed by atoms with E-state index < -0.39 is 4.92 Å². The first-order valence-electron chi connectivity index (χ1n) is 11.9. The fourth-order valence-corrected chi connectivity index (χ4v) is 6.09. The van der Waals surface area contributed by atoms with Crippen molar-refractivity contribution in [2.24, 2.45) is 0 Å². The Bertz CT molecular complexity index is 1610. The summed E-state index contributed by atoms with van der Waals surface area (Å²) >= 11 is 8.42. The number of benzene rings is 3. The molecule has 0 N–H and O–H groups in total. The van der Waals surface area contributed by atoms with Crippen molar-refractivity contribution in [1.29, 1.82) is 0 Å². The van der Waals surface area contributed by atoms with Crippen LogP contribution in [-0.2, 0) is 11.3 Å². The number of nitro benzene ring substituents is 1. The first-order chi connectivity index (χ1) is 18.7. The van der Waals surface area contributed by atoms with E-state index in [-0.39, 0.29) is 23.4 Å². The largest absolute Gasteiger partial charge is 0.318 e. The Kier molecular flexibility index (Phi) is 7.65. The van der Waals surface area contributed by atoms with Gasteiger partial charge >= 0.3 is 0 Å². The maximum Gasteiger partial charge on any atom is 0.293 e. The molecule has 4 aromatic rings. The minimum atomic E-state index is -0.411. The molecule has 2 heterocycles. The van der Waals surface area contributed by atoms with Crippen LogP contribution in [0.2, 0.25) is 5.02 Å². The summed E-state index contributed by atoms with van der Waals surface area (Å²) in [4.78, 5) is 39.7. The molecule has 10 heteroatoms. The number of halogens is 1. The molecule has 1 saturated heterocycles. The molecule has 5 rings (SSSR count). The number of carbonyl (C=O) groups is 2. The highest BCUT2D eigenvalue weighted by Gasteiger charge is 2.35. The van der Waals surface area contributed by atoms with E-state index in [4.69, 9.17) is 11.6 Å². The Balaban J connectivity index is 1.33. The van der Waals surface area contributed by atoms with E-state index in [0.29, 0.717) is 9.93 Å². The molecule has 0 radical (unpaired) electrons. The van der Waals surface area contributed by atoms with Crippen molar-refractivity contribution in [1.82, 2.24) is 9.47 Å². The maximum absolute atomic E-state index is 13.1. The highest BCUT2D eigenvalue weighted by Crippen LogP contribution is 2.35. The number of imide groups is 1. The van der Waals surface area contributed by atoms with E-state index in [2.05, 4.69) is 4.57 Å². The second-order valence-corrected chi connectivity index (χ2v) is 11.5. The lowest BCUT2D eigenvalue weighted by atomic mass is 10.2. The molecule has 0 bridgehead atoms. The summed E-state index contributed by atoms with van der Waals surface area (Å²) in [7, 11) is 0. The van der Waals surface area contributed by atoms with Gasteiger partial charge in [-0.3, -0.25) is 24.6 Å². The van der Waals surface area contributed by atoms with E-state index in [1.54, 1.807) is 42.5 Å². The summed E-state index contributed by atoms with van der Waals surface area (Å²) in [5.41, 5.74) is 4.68. The van der Waals surface area contributed by atoms with Crippen LogP contribution in [0.25, 0.3) is 11.8 Å². The quantitative estimate of drug-likeness (QED) is 0.126. The predicted molar refractivity (Wildman–Crippen MR) is 155 cm³/mol. The van der Waals surface area contributed by atoms with Crippen LogP contribution in [0.4, 0.5) is 10.5 Å². The Hall–Kier alpha value is -3.79. The minimum absolute atomic E-state index is 0.0652. The number of nitro groups is 1. The van der Waals surface area contributed by atoms with Crippen molar-refractivity contribution >= 4 is 58.0 Å². The maximum atomic E-state index is 13.1. The fourth-order valence-electron chi connectivity index (χ4n) is 4.32. The number of hydrogen-bond acceptors (Lipinski definition) is 6. The first-order valence-corrected chi connectivity index (χ1v) is 13.9. The molecule has 1 aromatic heterocycles. The average molecular weight is 576 g/mol. The number of rotatable bonds is 7. The average Bonchev–Trinajstić information content (AvgIpc) is 3.34. The van der Waals surface area contributed by atoms with Gasteiger partial charge in [0.2, 0.25) is 0 Å². The van der Waals surface area contributed by atoms with Crippen LogP contribution < -0.4 is 0 Å². The van der Waals surface area contributed by atoms with E-state index >= 15 is 0 Å². The van der Waals surface area contributed by atoms with Gasteiger partial charge in [0, 0.05) is 44.0 Å². The van der Waals surface area contributed by atoms with Crippen LogP contribution in [0, 0.1) is 24.0 Å². The zero-order valence-corrected chi connectivity index (χ0v) is 23.3. The fraction of sp³-hybridized carbons (Fsp3) is 0.103. The number of nitrogens with zero attached hydrogens (tertiary/aromatic N) is 3. The van der Waals surface area contributed by atoms with Gasteiger partial charge in [0.1, 0.15) is 0 Å². The van der Waals surface area contributed by atoms with Gasteiger partial charge in [0.25, 0.3) is 16.8 Å². The van der Waals surface area contributed by atoms with Crippen molar-refractivity contribution in [2.75, 3.05) is 0 Å². The standard InChI is InChI=1S/C29H22ClN3O4S2/c1-18-15-21(16-27-28(34)31(29(35)39-27)17-20-3-5-22(30)6-4-20)19(2)32(18)23-7-11-25(12-8-23)38-26-13-9-24(10-14-26)33(36)37/h3-16H,17H2,1-2H3/b27-16-. The molecular formula is C29H22ClN3O4S2. The van der Waals surface area contributed by atoms with Gasteiger partial charge in [-0.05, 0) is 97.4 Å². The molecule has 1 aliphatic heterocycles. The number of aryl methyl sites for hydroxylation is 1. The summed E-state index contributed by atoms with van der Waals surface area (Å²) in [5.74, 6) is -0.308. The van der Waals surface area contributed by atoms with Crippen LogP contribution in [-0.4, -0.2) is 25.5 Å². The van der Waals surface area contributed by atoms with Gasteiger partial charge in [-0.1, -0.05) is 35.5 Å². The van der Waals surface area contributed by atoms with Gasteiger partial charge in [-0.15, -0.1) is 0 Å². The molecule has 1 aliphatic rings. The minimum Gasteiger partial charge on any atom is -0.318 e. The second-order valence-electron chi connectivity index (χ2n) is 8.90. The Labute approximate surface area is 238 Å². The summed E-state index contributed by atoms with van der Waals surface area (Å²) in [5, 5.41) is 11.2. The molecule has 1 fully saturated rings. The lowest BCUT2D eigenvalue weighted by Crippen LogP contribution is -2.27. The summed E-state index contributed by atoms with van der Waals surface area (Å²) in [6.45, 7) is 4.18. The molecular weight excluding hydrogens is 554 g/mol. The topological polar surface area (TPSA) is 85.5 Å². The molecule has 3 aromatic carbocycles. The Morgan fingerprint density at radius 3 is 2.18 bits per heavy atom. The molecule has 39 heavy (non-hydrogen) atoms. The van der Waals surface area contributed by atoms with Crippen molar-refractivity contribution in [3.05, 3.63) is 121 Å². The second kappa shape index (κ2) is 11.1. The zero-order chi connectivity index (χ0) is 27.7. The molecule has 0 atom stereocenters. The highest BCUT2D eigenvalue weighted by molar-refractivity contribution is 8.18. The van der Waals surface area contributed by atoms with E-state index in [9.17, 15) is 19.7 Å². The van der Waals surface area contributed by atoms with Crippen LogP contribution >= 0.6 is 35.1 Å². The summed E-state index contributed by atoms with van der Waals surface area (Å²) in [6.07, 6.45) is 1.78. The smallest absolute Gasteiger partial charge is 0.293 e. The van der Waals surface area contributed by atoms with Crippen LogP contribution in [0.3, 0.4) is 0 Å². The van der Waals surface area contributed by atoms with Gasteiger partial charge in [-0.2, -0.15) is 0 Å². The van der Waals surface area contributed by atoms with Gasteiger partial charge in [-0.25, -0.2) is 0 Å². The Morgan fingerprint density at radius 1 is 0.949 bits per heavy atom. The van der Waals surface area contributed by atoms with Crippen LogP contribution in [0.1, 0.15) is 22.5 Å².